The highest BCUT2D eigenvalue weighted by molar-refractivity contribution is 5.98. The van der Waals surface area contributed by atoms with Gasteiger partial charge in [0.25, 0.3) is 0 Å². The van der Waals surface area contributed by atoms with Crippen LogP contribution >= 0.6 is 0 Å². The molecule has 2 atom stereocenters. The van der Waals surface area contributed by atoms with Crippen molar-refractivity contribution in [3.8, 4) is 0 Å². The highest BCUT2D eigenvalue weighted by Crippen LogP contribution is 2.35. The molecule has 3 heterocycles. The smallest absolute Gasteiger partial charge is 0.146 e. The van der Waals surface area contributed by atoms with Crippen molar-refractivity contribution >= 4 is 5.84 Å². The lowest BCUT2D eigenvalue weighted by molar-refractivity contribution is 0.373. The minimum Gasteiger partial charge on any atom is -0.382 e. The van der Waals surface area contributed by atoms with E-state index in [4.69, 9.17) is 15.7 Å². The molecule has 1 fully saturated rings. The van der Waals surface area contributed by atoms with Crippen molar-refractivity contribution in [3.05, 3.63) is 17.2 Å². The third-order valence-corrected chi connectivity index (χ3v) is 4.74. The number of aromatic nitrogens is 2. The van der Waals surface area contributed by atoms with E-state index in [1.807, 2.05) is 0 Å². The van der Waals surface area contributed by atoms with Gasteiger partial charge in [0.05, 0.1) is 11.7 Å². The van der Waals surface area contributed by atoms with Crippen LogP contribution in [-0.2, 0) is 13.0 Å². The van der Waals surface area contributed by atoms with E-state index in [-0.39, 0.29) is 6.04 Å². The van der Waals surface area contributed by atoms with E-state index in [1.54, 1.807) is 0 Å². The highest BCUT2D eigenvalue weighted by atomic mass is 15.1. The molecule has 122 valence electrons. The molecule has 0 aromatic carbocycles. The first-order valence-corrected chi connectivity index (χ1v) is 8.75. The molecule has 0 spiro atoms. The van der Waals surface area contributed by atoms with Crippen LogP contribution in [0, 0.1) is 5.92 Å². The number of nitrogens with one attached hydrogen (secondary N) is 1. The molecular formula is C17H29N5. The normalized spacial score (nSPS) is 24.1. The van der Waals surface area contributed by atoms with Crippen LogP contribution in [0.25, 0.3) is 0 Å². The molecule has 5 heteroatoms. The number of fused-ring (bicyclic) bond motifs is 3. The molecule has 0 bridgehead atoms. The minimum atomic E-state index is 0.280. The zero-order chi connectivity index (χ0) is 15.7. The first-order valence-electron chi connectivity index (χ1n) is 8.75. The number of unbranched alkanes of at least 4 members (excludes halogenated alkanes) is 1. The Morgan fingerprint density at radius 1 is 1.41 bits per heavy atom. The standard InChI is InChI=1S/C17H29N5/c1-4-5-6-14-21-15-16(22(14)10-11(2)3)12-7-8-19-9-13(12)20-17(15)18/h11-13,19H,4-10H2,1-3H3,(H2,18,20). The Bertz CT molecular complexity index is 558. The number of hydrogen-bond donors (Lipinski definition) is 2. The van der Waals surface area contributed by atoms with Crippen molar-refractivity contribution < 1.29 is 0 Å². The van der Waals surface area contributed by atoms with Crippen molar-refractivity contribution in [2.45, 2.75) is 65.0 Å². The van der Waals surface area contributed by atoms with Gasteiger partial charge in [-0.3, -0.25) is 4.99 Å². The molecule has 2 aliphatic heterocycles. The second kappa shape index (κ2) is 6.41. The summed E-state index contributed by atoms with van der Waals surface area (Å²) < 4.78 is 2.47. The van der Waals surface area contributed by atoms with Gasteiger partial charge in [-0.05, 0) is 25.3 Å². The summed E-state index contributed by atoms with van der Waals surface area (Å²) in [6, 6.07) is 0.280. The monoisotopic (exact) mass is 303 g/mol. The summed E-state index contributed by atoms with van der Waals surface area (Å²) >= 11 is 0. The zero-order valence-electron chi connectivity index (χ0n) is 14.1. The highest BCUT2D eigenvalue weighted by Gasteiger charge is 2.37. The van der Waals surface area contributed by atoms with Gasteiger partial charge < -0.3 is 15.6 Å². The number of aliphatic imine (C=N–C) groups is 1. The summed E-state index contributed by atoms with van der Waals surface area (Å²) in [4.78, 5) is 9.62. The molecule has 3 N–H and O–H groups in total. The average Bonchev–Trinajstić information content (AvgIpc) is 2.84. The number of hydrogen-bond acceptors (Lipinski definition) is 4. The third-order valence-electron chi connectivity index (χ3n) is 4.74. The van der Waals surface area contributed by atoms with Crippen molar-refractivity contribution in [1.29, 1.82) is 0 Å². The fourth-order valence-corrected chi connectivity index (χ4v) is 3.71. The molecule has 1 aromatic rings. The molecule has 0 aliphatic carbocycles. The van der Waals surface area contributed by atoms with Gasteiger partial charge in [-0.25, -0.2) is 4.98 Å². The first-order chi connectivity index (χ1) is 10.6. The first kappa shape index (κ1) is 15.5. The maximum atomic E-state index is 6.24. The Morgan fingerprint density at radius 3 is 2.95 bits per heavy atom. The Morgan fingerprint density at radius 2 is 2.23 bits per heavy atom. The van der Waals surface area contributed by atoms with E-state index >= 15 is 0 Å². The number of rotatable bonds is 5. The van der Waals surface area contributed by atoms with Crippen LogP contribution < -0.4 is 11.1 Å². The molecule has 2 aliphatic rings. The lowest BCUT2D eigenvalue weighted by Crippen LogP contribution is -2.43. The Hall–Kier alpha value is -1.36. The lowest BCUT2D eigenvalue weighted by atomic mass is 9.86. The van der Waals surface area contributed by atoms with Crippen LogP contribution in [0.15, 0.2) is 4.99 Å². The van der Waals surface area contributed by atoms with Crippen LogP contribution in [0.3, 0.4) is 0 Å². The van der Waals surface area contributed by atoms with E-state index in [2.05, 4.69) is 30.7 Å². The van der Waals surface area contributed by atoms with E-state index in [1.165, 1.54) is 24.4 Å². The van der Waals surface area contributed by atoms with Gasteiger partial charge in [-0.1, -0.05) is 27.2 Å². The lowest BCUT2D eigenvalue weighted by Gasteiger charge is -2.34. The number of nitrogens with zero attached hydrogens (tertiary/aromatic N) is 3. The molecule has 0 saturated carbocycles. The molecule has 0 amide bonds. The van der Waals surface area contributed by atoms with Gasteiger partial charge in [0.2, 0.25) is 0 Å². The zero-order valence-corrected chi connectivity index (χ0v) is 14.1. The van der Waals surface area contributed by atoms with Crippen molar-refractivity contribution in [2.24, 2.45) is 16.6 Å². The molecule has 22 heavy (non-hydrogen) atoms. The fourth-order valence-electron chi connectivity index (χ4n) is 3.71. The summed E-state index contributed by atoms with van der Waals surface area (Å²) in [5.41, 5.74) is 8.57. The predicted octanol–water partition coefficient (Wildman–Crippen LogP) is 2.05. The minimum absolute atomic E-state index is 0.280. The number of imidazole rings is 1. The number of nitrogens with two attached hydrogens (primary N) is 1. The van der Waals surface area contributed by atoms with Gasteiger partial charge in [0.15, 0.2) is 0 Å². The van der Waals surface area contributed by atoms with E-state index in [0.717, 1.165) is 38.2 Å². The Balaban J connectivity index is 2.04. The fraction of sp³-hybridized carbons (Fsp3) is 0.765. The van der Waals surface area contributed by atoms with Crippen molar-refractivity contribution in [3.63, 3.8) is 0 Å². The van der Waals surface area contributed by atoms with Crippen LogP contribution in [0.4, 0.5) is 0 Å². The van der Waals surface area contributed by atoms with E-state index in [0.29, 0.717) is 17.7 Å². The van der Waals surface area contributed by atoms with E-state index < -0.39 is 0 Å². The summed E-state index contributed by atoms with van der Waals surface area (Å²) in [5, 5.41) is 3.44. The van der Waals surface area contributed by atoms with Crippen LogP contribution in [-0.4, -0.2) is 34.5 Å². The second-order valence-electron chi connectivity index (χ2n) is 7.05. The van der Waals surface area contributed by atoms with Gasteiger partial charge in [0.1, 0.15) is 17.4 Å². The van der Waals surface area contributed by atoms with Crippen LogP contribution in [0.5, 0.6) is 0 Å². The number of amidine groups is 1. The van der Waals surface area contributed by atoms with Gasteiger partial charge >= 0.3 is 0 Å². The Labute approximate surface area is 133 Å². The largest absolute Gasteiger partial charge is 0.382 e. The molecule has 2 unspecified atom stereocenters. The maximum Gasteiger partial charge on any atom is 0.146 e. The van der Waals surface area contributed by atoms with Crippen LogP contribution in [0.2, 0.25) is 0 Å². The van der Waals surface area contributed by atoms with Gasteiger partial charge in [-0.15, -0.1) is 0 Å². The summed E-state index contributed by atoms with van der Waals surface area (Å²) in [5.74, 6) is 2.93. The predicted molar refractivity (Wildman–Crippen MR) is 90.4 cm³/mol. The molecule has 5 nitrogen and oxygen atoms in total. The molecule has 1 aromatic heterocycles. The van der Waals surface area contributed by atoms with Crippen LogP contribution in [0.1, 0.15) is 63.2 Å². The second-order valence-corrected chi connectivity index (χ2v) is 7.05. The molecule has 1 saturated heterocycles. The SMILES string of the molecule is CCCCc1nc2c(n1CC(C)C)C1CCNCC1N=C2N. The molecule has 0 radical (unpaired) electrons. The molecule has 3 rings (SSSR count). The van der Waals surface area contributed by atoms with Crippen molar-refractivity contribution in [2.75, 3.05) is 13.1 Å². The van der Waals surface area contributed by atoms with E-state index in [9.17, 15) is 0 Å². The number of piperidine rings is 1. The topological polar surface area (TPSA) is 68.2 Å². The molecular weight excluding hydrogens is 274 g/mol. The number of aryl methyl sites for hydroxylation is 1. The summed E-state index contributed by atoms with van der Waals surface area (Å²) in [6.45, 7) is 9.81. The van der Waals surface area contributed by atoms with Gasteiger partial charge in [-0.2, -0.15) is 0 Å². The summed E-state index contributed by atoms with van der Waals surface area (Å²) in [7, 11) is 0. The third kappa shape index (κ3) is 2.78. The quantitative estimate of drug-likeness (QED) is 0.874. The van der Waals surface area contributed by atoms with Gasteiger partial charge in [0, 0.05) is 25.4 Å². The van der Waals surface area contributed by atoms with Crippen molar-refractivity contribution in [1.82, 2.24) is 14.9 Å². The average molecular weight is 303 g/mol. The summed E-state index contributed by atoms with van der Waals surface area (Å²) in [6.07, 6.45) is 4.55. The maximum absolute atomic E-state index is 6.24. The Kier molecular flexibility index (Phi) is 4.52.